The highest BCUT2D eigenvalue weighted by atomic mass is 127. The van der Waals surface area contributed by atoms with Gasteiger partial charge in [-0.1, -0.05) is 11.6 Å². The Morgan fingerprint density at radius 2 is 2.29 bits per heavy atom. The fourth-order valence-corrected chi connectivity index (χ4v) is 3.51. The van der Waals surface area contributed by atoms with Crippen molar-refractivity contribution < 1.29 is 4.74 Å². The lowest BCUT2D eigenvalue weighted by atomic mass is 10.2. The van der Waals surface area contributed by atoms with Crippen LogP contribution in [0.1, 0.15) is 6.92 Å². The summed E-state index contributed by atoms with van der Waals surface area (Å²) >= 11 is 10.2. The van der Waals surface area contributed by atoms with Crippen molar-refractivity contribution in [2.24, 2.45) is 0 Å². The minimum Gasteiger partial charge on any atom is -0.492 e. The topological polar surface area (TPSA) is 9.23 Å². The molecule has 0 N–H and O–H groups in total. The van der Waals surface area contributed by atoms with Gasteiger partial charge in [0.15, 0.2) is 0 Å². The Morgan fingerprint density at radius 1 is 1.50 bits per heavy atom. The molecule has 0 bridgehead atoms. The number of rotatable bonds is 2. The number of halogens is 2. The molecule has 1 aromatic heterocycles. The summed E-state index contributed by atoms with van der Waals surface area (Å²) in [5, 5.41) is 4.05. The summed E-state index contributed by atoms with van der Waals surface area (Å²) in [6.45, 7) is 2.60. The standard InChI is InChI=1S/C10H8ClIOS/c1-2-13-8-4-3-6-7(12)5-14-10(6)9(8)11/h3-5H,2H2,1H3. The van der Waals surface area contributed by atoms with Gasteiger partial charge in [0.25, 0.3) is 0 Å². The fraction of sp³-hybridized carbons (Fsp3) is 0.200. The number of benzene rings is 1. The molecule has 0 aliphatic carbocycles. The lowest BCUT2D eigenvalue weighted by Crippen LogP contribution is -1.91. The van der Waals surface area contributed by atoms with Crippen molar-refractivity contribution in [1.82, 2.24) is 0 Å². The lowest BCUT2D eigenvalue weighted by molar-refractivity contribution is 0.341. The molecule has 0 saturated carbocycles. The molecule has 0 saturated heterocycles. The monoisotopic (exact) mass is 338 g/mol. The normalized spacial score (nSPS) is 10.8. The molecule has 0 radical (unpaired) electrons. The minimum absolute atomic E-state index is 0.647. The maximum absolute atomic E-state index is 6.22. The second kappa shape index (κ2) is 4.24. The van der Waals surface area contributed by atoms with Gasteiger partial charge < -0.3 is 4.74 Å². The van der Waals surface area contributed by atoms with Crippen LogP contribution in [0.15, 0.2) is 17.5 Å². The second-order valence-corrected chi connectivity index (χ2v) is 5.19. The smallest absolute Gasteiger partial charge is 0.139 e. The Kier molecular flexibility index (Phi) is 3.19. The van der Waals surface area contributed by atoms with Crippen LogP contribution in [0, 0.1) is 3.57 Å². The highest BCUT2D eigenvalue weighted by molar-refractivity contribution is 14.1. The van der Waals surface area contributed by atoms with Gasteiger partial charge in [0, 0.05) is 14.3 Å². The molecular weight excluding hydrogens is 331 g/mol. The fourth-order valence-electron chi connectivity index (χ4n) is 1.28. The maximum Gasteiger partial charge on any atom is 0.139 e. The third-order valence-electron chi connectivity index (χ3n) is 1.90. The largest absolute Gasteiger partial charge is 0.492 e. The summed E-state index contributed by atoms with van der Waals surface area (Å²) in [7, 11) is 0. The van der Waals surface area contributed by atoms with E-state index in [2.05, 4.69) is 34.0 Å². The van der Waals surface area contributed by atoms with Crippen LogP contribution in [0.4, 0.5) is 0 Å². The van der Waals surface area contributed by atoms with Crippen molar-refractivity contribution in [2.75, 3.05) is 6.61 Å². The Morgan fingerprint density at radius 3 is 3.00 bits per heavy atom. The molecule has 0 unspecified atom stereocenters. The van der Waals surface area contributed by atoms with Crippen LogP contribution in [0.2, 0.25) is 5.02 Å². The quantitative estimate of drug-likeness (QED) is 0.730. The first-order valence-corrected chi connectivity index (χ1v) is 6.55. The highest BCUT2D eigenvalue weighted by Gasteiger charge is 2.09. The van der Waals surface area contributed by atoms with E-state index in [1.54, 1.807) is 11.3 Å². The van der Waals surface area contributed by atoms with Crippen LogP contribution in [-0.4, -0.2) is 6.61 Å². The Bertz CT molecular complexity index is 466. The first-order valence-electron chi connectivity index (χ1n) is 4.22. The molecule has 74 valence electrons. The summed E-state index contributed by atoms with van der Waals surface area (Å²) in [4.78, 5) is 0. The zero-order valence-corrected chi connectivity index (χ0v) is 11.2. The molecule has 0 amide bonds. The predicted molar refractivity (Wildman–Crippen MR) is 70.7 cm³/mol. The molecule has 0 aliphatic heterocycles. The lowest BCUT2D eigenvalue weighted by Gasteiger charge is -2.05. The van der Waals surface area contributed by atoms with E-state index in [0.717, 1.165) is 15.5 Å². The summed E-state index contributed by atoms with van der Waals surface area (Å²) in [6.07, 6.45) is 0. The molecule has 0 atom stereocenters. The van der Waals surface area contributed by atoms with Gasteiger partial charge in [-0.15, -0.1) is 11.3 Å². The molecular formula is C10H8ClIOS. The summed E-state index contributed by atoms with van der Waals surface area (Å²) in [6, 6.07) is 3.99. The van der Waals surface area contributed by atoms with E-state index in [4.69, 9.17) is 16.3 Å². The first-order chi connectivity index (χ1) is 6.74. The number of ether oxygens (including phenoxy) is 1. The first kappa shape index (κ1) is 10.5. The Balaban J connectivity index is 2.63. The molecule has 0 aliphatic rings. The van der Waals surface area contributed by atoms with Crippen LogP contribution in [0.25, 0.3) is 10.1 Å². The Hall–Kier alpha value is -0.000000000000000167. The highest BCUT2D eigenvalue weighted by Crippen LogP contribution is 2.38. The van der Waals surface area contributed by atoms with Crippen molar-refractivity contribution in [3.8, 4) is 5.75 Å². The van der Waals surface area contributed by atoms with E-state index >= 15 is 0 Å². The van der Waals surface area contributed by atoms with Gasteiger partial charge in [-0.25, -0.2) is 0 Å². The van der Waals surface area contributed by atoms with Gasteiger partial charge in [-0.05, 0) is 41.6 Å². The van der Waals surface area contributed by atoms with E-state index in [1.165, 1.54) is 8.96 Å². The van der Waals surface area contributed by atoms with Gasteiger partial charge in [-0.3, -0.25) is 0 Å². The van der Waals surface area contributed by atoms with Gasteiger partial charge in [0.2, 0.25) is 0 Å². The zero-order valence-electron chi connectivity index (χ0n) is 7.51. The number of thiophene rings is 1. The average Bonchev–Trinajstić information content (AvgIpc) is 2.54. The van der Waals surface area contributed by atoms with Crippen LogP contribution < -0.4 is 4.74 Å². The van der Waals surface area contributed by atoms with Gasteiger partial charge in [0.1, 0.15) is 10.8 Å². The third-order valence-corrected chi connectivity index (χ3v) is 4.71. The molecule has 2 aromatic rings. The SMILES string of the molecule is CCOc1ccc2c(I)csc2c1Cl. The van der Waals surface area contributed by atoms with Gasteiger partial charge in [0.05, 0.1) is 11.3 Å². The van der Waals surface area contributed by atoms with Crippen molar-refractivity contribution in [3.63, 3.8) is 0 Å². The summed E-state index contributed by atoms with van der Waals surface area (Å²) in [5.74, 6) is 0.778. The van der Waals surface area contributed by atoms with Crippen LogP contribution in [0.5, 0.6) is 5.75 Å². The molecule has 4 heteroatoms. The van der Waals surface area contributed by atoms with Crippen molar-refractivity contribution in [3.05, 3.63) is 26.1 Å². The molecule has 0 spiro atoms. The van der Waals surface area contributed by atoms with Crippen LogP contribution in [0.3, 0.4) is 0 Å². The Labute approximate surface area is 105 Å². The molecule has 14 heavy (non-hydrogen) atoms. The second-order valence-electron chi connectivity index (χ2n) is 2.77. The number of fused-ring (bicyclic) bond motifs is 1. The molecule has 1 nitrogen and oxygen atoms in total. The summed E-state index contributed by atoms with van der Waals surface area (Å²) < 4.78 is 7.78. The van der Waals surface area contributed by atoms with Crippen molar-refractivity contribution >= 4 is 55.6 Å². The maximum atomic E-state index is 6.22. The van der Waals surface area contributed by atoms with Crippen LogP contribution >= 0.6 is 45.5 Å². The number of hydrogen-bond donors (Lipinski definition) is 0. The zero-order chi connectivity index (χ0) is 10.1. The van der Waals surface area contributed by atoms with E-state index in [1.807, 2.05) is 13.0 Å². The predicted octanol–water partition coefficient (Wildman–Crippen LogP) is 4.56. The molecule has 0 fully saturated rings. The molecule has 2 rings (SSSR count). The number of hydrogen-bond acceptors (Lipinski definition) is 2. The van der Waals surface area contributed by atoms with Crippen molar-refractivity contribution in [2.45, 2.75) is 6.92 Å². The van der Waals surface area contributed by atoms with E-state index in [9.17, 15) is 0 Å². The molecule has 1 heterocycles. The third kappa shape index (κ3) is 1.73. The van der Waals surface area contributed by atoms with Gasteiger partial charge >= 0.3 is 0 Å². The van der Waals surface area contributed by atoms with E-state index in [-0.39, 0.29) is 0 Å². The van der Waals surface area contributed by atoms with Gasteiger partial charge in [-0.2, -0.15) is 0 Å². The van der Waals surface area contributed by atoms with Crippen molar-refractivity contribution in [1.29, 1.82) is 0 Å². The average molecular weight is 339 g/mol. The summed E-state index contributed by atoms with van der Waals surface area (Å²) in [5.41, 5.74) is 0. The van der Waals surface area contributed by atoms with Crippen LogP contribution in [-0.2, 0) is 0 Å². The molecule has 1 aromatic carbocycles. The minimum atomic E-state index is 0.647. The van der Waals surface area contributed by atoms with E-state index in [0.29, 0.717) is 6.61 Å². The van der Waals surface area contributed by atoms with E-state index < -0.39 is 0 Å².